The van der Waals surface area contributed by atoms with Crippen LogP contribution in [0.5, 0.6) is 0 Å². The number of hydrogen-bond acceptors (Lipinski definition) is 3. The second kappa shape index (κ2) is 4.53. The average molecular weight is 259 g/mol. The Hall–Kier alpha value is -1.55. The number of anilines is 1. The Bertz CT molecular complexity index is 588. The number of rotatable bonds is 1. The van der Waals surface area contributed by atoms with Gasteiger partial charge in [0.05, 0.1) is 16.6 Å². The molecule has 0 aliphatic carbocycles. The summed E-state index contributed by atoms with van der Waals surface area (Å²) in [5, 5.41) is 10.2. The zero-order valence-corrected chi connectivity index (χ0v) is 11.6. The van der Waals surface area contributed by atoms with Crippen LogP contribution in [0.25, 0.3) is 11.0 Å². The van der Waals surface area contributed by atoms with E-state index in [0.717, 1.165) is 49.3 Å². The predicted octanol–water partition coefficient (Wildman–Crippen LogP) is 2.31. The van der Waals surface area contributed by atoms with Crippen molar-refractivity contribution in [3.05, 3.63) is 24.3 Å². The highest BCUT2D eigenvalue weighted by Gasteiger charge is 2.26. The van der Waals surface area contributed by atoms with Crippen LogP contribution in [-0.2, 0) is 7.05 Å². The van der Waals surface area contributed by atoms with Crippen LogP contribution in [-0.4, -0.2) is 33.3 Å². The molecule has 19 heavy (non-hydrogen) atoms. The van der Waals surface area contributed by atoms with Crippen molar-refractivity contribution in [3.8, 4) is 0 Å². The Morgan fingerprint density at radius 3 is 2.79 bits per heavy atom. The van der Waals surface area contributed by atoms with Crippen LogP contribution in [0.4, 0.5) is 5.95 Å². The van der Waals surface area contributed by atoms with Gasteiger partial charge in [-0.2, -0.15) is 0 Å². The van der Waals surface area contributed by atoms with Crippen molar-refractivity contribution in [2.75, 3.05) is 18.0 Å². The van der Waals surface area contributed by atoms with Gasteiger partial charge in [-0.15, -0.1) is 0 Å². The minimum atomic E-state index is -0.528. The Balaban J connectivity index is 1.93. The van der Waals surface area contributed by atoms with Gasteiger partial charge in [0.1, 0.15) is 0 Å². The number of nitrogens with zero attached hydrogens (tertiary/aromatic N) is 3. The molecule has 0 bridgehead atoms. The number of fused-ring (bicyclic) bond motifs is 1. The van der Waals surface area contributed by atoms with Crippen molar-refractivity contribution in [2.24, 2.45) is 7.05 Å². The molecule has 1 N–H and O–H groups in total. The molecule has 4 nitrogen and oxygen atoms in total. The molecule has 0 saturated carbocycles. The number of para-hydroxylation sites is 2. The zero-order chi connectivity index (χ0) is 13.5. The minimum Gasteiger partial charge on any atom is -0.390 e. The van der Waals surface area contributed by atoms with Gasteiger partial charge in [0.15, 0.2) is 0 Å². The lowest BCUT2D eigenvalue weighted by molar-refractivity contribution is 0.0481. The van der Waals surface area contributed by atoms with E-state index in [2.05, 4.69) is 22.6 Å². The van der Waals surface area contributed by atoms with E-state index in [1.807, 2.05) is 25.1 Å². The standard InChI is InChI=1S/C15H21N3O/c1-15(19)8-5-10-18(11-9-15)14-16-12-6-3-4-7-13(12)17(14)2/h3-4,6-7,19H,5,8-11H2,1-2H3. The summed E-state index contributed by atoms with van der Waals surface area (Å²) in [4.78, 5) is 7.03. The van der Waals surface area contributed by atoms with Crippen molar-refractivity contribution in [2.45, 2.75) is 31.8 Å². The van der Waals surface area contributed by atoms with Gasteiger partial charge in [-0.05, 0) is 38.3 Å². The van der Waals surface area contributed by atoms with Crippen molar-refractivity contribution in [1.29, 1.82) is 0 Å². The molecule has 2 heterocycles. The second-order valence-electron chi connectivity index (χ2n) is 5.80. The van der Waals surface area contributed by atoms with Gasteiger partial charge < -0.3 is 14.6 Å². The van der Waals surface area contributed by atoms with Crippen LogP contribution in [0.1, 0.15) is 26.2 Å². The fraction of sp³-hybridized carbons (Fsp3) is 0.533. The van der Waals surface area contributed by atoms with Gasteiger partial charge in [0.2, 0.25) is 5.95 Å². The molecule has 3 rings (SSSR count). The summed E-state index contributed by atoms with van der Waals surface area (Å²) in [5.41, 5.74) is 1.67. The van der Waals surface area contributed by atoms with E-state index in [1.165, 1.54) is 0 Å². The monoisotopic (exact) mass is 259 g/mol. The molecule has 1 saturated heterocycles. The largest absolute Gasteiger partial charge is 0.390 e. The first-order chi connectivity index (χ1) is 9.07. The van der Waals surface area contributed by atoms with Crippen molar-refractivity contribution >= 4 is 17.0 Å². The fourth-order valence-electron chi connectivity index (χ4n) is 2.88. The highest BCUT2D eigenvalue weighted by atomic mass is 16.3. The molecular formula is C15H21N3O. The first-order valence-corrected chi connectivity index (χ1v) is 6.96. The van der Waals surface area contributed by atoms with Gasteiger partial charge in [-0.3, -0.25) is 0 Å². The minimum absolute atomic E-state index is 0.528. The first-order valence-electron chi connectivity index (χ1n) is 6.96. The second-order valence-corrected chi connectivity index (χ2v) is 5.80. The molecule has 4 heteroatoms. The lowest BCUT2D eigenvalue weighted by Crippen LogP contribution is -2.29. The smallest absolute Gasteiger partial charge is 0.206 e. The molecule has 2 aromatic rings. The Morgan fingerprint density at radius 1 is 1.21 bits per heavy atom. The van der Waals surface area contributed by atoms with Crippen molar-refractivity contribution in [1.82, 2.24) is 9.55 Å². The van der Waals surface area contributed by atoms with E-state index in [-0.39, 0.29) is 0 Å². The quantitative estimate of drug-likeness (QED) is 0.854. The number of aliphatic hydroxyl groups is 1. The molecule has 1 aromatic heterocycles. The van der Waals surface area contributed by atoms with Crippen LogP contribution >= 0.6 is 0 Å². The number of benzene rings is 1. The van der Waals surface area contributed by atoms with Crippen LogP contribution < -0.4 is 4.90 Å². The van der Waals surface area contributed by atoms with Gasteiger partial charge in [-0.25, -0.2) is 4.98 Å². The molecule has 0 radical (unpaired) electrons. The SMILES string of the molecule is Cn1c(N2CCCC(C)(O)CC2)nc2ccccc21. The highest BCUT2D eigenvalue weighted by Crippen LogP contribution is 2.26. The summed E-state index contributed by atoms with van der Waals surface area (Å²) in [6, 6.07) is 8.21. The Kier molecular flexibility index (Phi) is 2.97. The number of imidazole rings is 1. The molecule has 1 unspecified atom stereocenters. The normalized spacial score (nSPS) is 24.7. The van der Waals surface area contributed by atoms with Crippen LogP contribution in [0.2, 0.25) is 0 Å². The summed E-state index contributed by atoms with van der Waals surface area (Å²) < 4.78 is 2.15. The average Bonchev–Trinajstić information content (AvgIpc) is 2.60. The number of aryl methyl sites for hydroxylation is 1. The van der Waals surface area contributed by atoms with Crippen molar-refractivity contribution in [3.63, 3.8) is 0 Å². The van der Waals surface area contributed by atoms with Gasteiger partial charge in [0.25, 0.3) is 0 Å². The number of hydrogen-bond donors (Lipinski definition) is 1. The van der Waals surface area contributed by atoms with E-state index in [4.69, 9.17) is 4.98 Å². The maximum absolute atomic E-state index is 10.2. The third-order valence-electron chi connectivity index (χ3n) is 4.11. The molecule has 1 atom stereocenters. The summed E-state index contributed by atoms with van der Waals surface area (Å²) in [5.74, 6) is 1.01. The van der Waals surface area contributed by atoms with Gasteiger partial charge in [-0.1, -0.05) is 12.1 Å². The van der Waals surface area contributed by atoms with E-state index in [1.54, 1.807) is 0 Å². The third-order valence-corrected chi connectivity index (χ3v) is 4.11. The van der Waals surface area contributed by atoms with E-state index < -0.39 is 5.60 Å². The zero-order valence-electron chi connectivity index (χ0n) is 11.6. The third kappa shape index (κ3) is 2.32. The molecule has 0 amide bonds. The lowest BCUT2D eigenvalue weighted by Gasteiger charge is -2.23. The summed E-state index contributed by atoms with van der Waals surface area (Å²) in [6.45, 7) is 3.77. The highest BCUT2D eigenvalue weighted by molar-refractivity contribution is 5.78. The summed E-state index contributed by atoms with van der Waals surface area (Å²) in [6.07, 6.45) is 2.68. The van der Waals surface area contributed by atoms with E-state index in [9.17, 15) is 5.11 Å². The van der Waals surface area contributed by atoms with Crippen LogP contribution in [0, 0.1) is 0 Å². The Morgan fingerprint density at radius 2 is 2.00 bits per heavy atom. The lowest BCUT2D eigenvalue weighted by atomic mass is 9.98. The van der Waals surface area contributed by atoms with Crippen molar-refractivity contribution < 1.29 is 5.11 Å². The molecular weight excluding hydrogens is 238 g/mol. The molecule has 1 fully saturated rings. The first kappa shape index (κ1) is 12.5. The molecule has 0 spiro atoms. The van der Waals surface area contributed by atoms with Gasteiger partial charge >= 0.3 is 0 Å². The molecule has 1 aliphatic rings. The maximum atomic E-state index is 10.2. The van der Waals surface area contributed by atoms with E-state index in [0.29, 0.717) is 0 Å². The number of aromatic nitrogens is 2. The van der Waals surface area contributed by atoms with E-state index >= 15 is 0 Å². The maximum Gasteiger partial charge on any atom is 0.206 e. The topological polar surface area (TPSA) is 41.3 Å². The molecule has 1 aromatic carbocycles. The molecule has 102 valence electrons. The summed E-state index contributed by atoms with van der Waals surface area (Å²) in [7, 11) is 2.06. The van der Waals surface area contributed by atoms with Crippen LogP contribution in [0.3, 0.4) is 0 Å². The fourth-order valence-corrected chi connectivity index (χ4v) is 2.88. The molecule has 1 aliphatic heterocycles. The van der Waals surface area contributed by atoms with Gasteiger partial charge in [0, 0.05) is 20.1 Å². The predicted molar refractivity (Wildman–Crippen MR) is 77.4 cm³/mol. The van der Waals surface area contributed by atoms with Crippen LogP contribution in [0.15, 0.2) is 24.3 Å². The summed E-state index contributed by atoms with van der Waals surface area (Å²) >= 11 is 0. The Labute approximate surface area is 113 Å².